The molecule has 5 aliphatic heterocycles. The molecule has 5 aliphatic rings. The number of aromatic nitrogens is 1. The Labute approximate surface area is 507 Å². The third-order valence-electron chi connectivity index (χ3n) is 17.8. The quantitative estimate of drug-likeness (QED) is 0.111. The molecular weight excluding hydrogens is 1160 g/mol. The first-order valence-corrected chi connectivity index (χ1v) is 30.6. The predicted octanol–water partition coefficient (Wildman–Crippen LogP) is 7.23. The van der Waals surface area contributed by atoms with Crippen molar-refractivity contribution >= 4 is 70.3 Å². The number of methoxy groups -OCH3 is 3. The van der Waals surface area contributed by atoms with Crippen molar-refractivity contribution in [1.29, 1.82) is 0 Å². The fourth-order valence-corrected chi connectivity index (χ4v) is 14.7. The number of halogens is 2. The molecule has 0 radical (unpaired) electrons. The highest BCUT2D eigenvalue weighted by atomic mass is 35.5. The summed E-state index contributed by atoms with van der Waals surface area (Å²) in [5, 5.41) is 25.6. The van der Waals surface area contributed by atoms with E-state index in [0.717, 1.165) is 0 Å². The number of rotatable bonds is 16. The zero-order chi connectivity index (χ0) is 61.7. The second-order valence-electron chi connectivity index (χ2n) is 23.6. The number of carbonyl (C=O) groups is 5. The Morgan fingerprint density at radius 3 is 2.19 bits per heavy atom. The highest BCUT2D eigenvalue weighted by Crippen LogP contribution is 2.50. The van der Waals surface area contributed by atoms with E-state index < -0.39 is 131 Å². The van der Waals surface area contributed by atoms with Crippen LogP contribution < -0.4 is 14.8 Å². The van der Waals surface area contributed by atoms with E-state index in [-0.39, 0.29) is 76.9 Å². The highest BCUT2D eigenvalue weighted by molar-refractivity contribution is 8.00. The van der Waals surface area contributed by atoms with Crippen molar-refractivity contribution < 1.29 is 86.3 Å². The number of hydrogen-bond donors (Lipinski definition) is 3. The molecule has 19 atom stereocenters. The molecule has 22 nitrogen and oxygen atoms in total. The first-order valence-electron chi connectivity index (χ1n) is 28.8. The fourth-order valence-electron chi connectivity index (χ4n) is 12.9. The standard InChI is InChI=1S/C59H86Cl2N4O18S/c1-15-42-59(10)44(49(54(71)83-59)84-23-22-77-41-25-36(16-17-40(41)73-12)52(69)63-45-37(60)28-62-29-38(45)61)32(4)46(66)30(2)26-58(9,75-14)51(82-55-47(67)39(24-31(3)78-55)64(11)56(72)65-18-20-76-21-19-65)33(5)48(34(6)53(70)80-42)81-43-27-57(8,74-13)50(68)35(7)79-43/h16-17,25,28-35,39,42-44,47-51,55,67-68H,15,18-24,26-27H2,1-14H3,(H,62,63,69)/t30-,31-,32-,33+,34-,35+,39+,42-,43+,44+,47-,48+,49+,50+,51-,55?,57-,58-,59-/m1/s1. The molecule has 7 rings (SSSR count). The van der Waals surface area contributed by atoms with Gasteiger partial charge >= 0.3 is 18.0 Å². The summed E-state index contributed by atoms with van der Waals surface area (Å²) >= 11 is 13.8. The number of hydrogen-bond acceptors (Lipinski definition) is 20. The van der Waals surface area contributed by atoms with Gasteiger partial charge in [-0.2, -0.15) is 0 Å². The van der Waals surface area contributed by atoms with Crippen molar-refractivity contribution in [2.75, 3.05) is 72.4 Å². The van der Waals surface area contributed by atoms with Crippen LogP contribution in [0.4, 0.5) is 10.5 Å². The normalized spacial score (nSPS) is 37.1. The Kier molecular flexibility index (Phi) is 22.8. The van der Waals surface area contributed by atoms with Crippen LogP contribution in [0.2, 0.25) is 10.0 Å². The number of esters is 2. The predicted molar refractivity (Wildman–Crippen MR) is 311 cm³/mol. The second-order valence-corrected chi connectivity index (χ2v) is 25.6. The molecule has 1 aromatic carbocycles. The van der Waals surface area contributed by atoms with Crippen molar-refractivity contribution in [2.24, 2.45) is 29.6 Å². The van der Waals surface area contributed by atoms with Gasteiger partial charge in [-0.1, -0.05) is 50.9 Å². The topological polar surface area (TPSA) is 259 Å². The summed E-state index contributed by atoms with van der Waals surface area (Å²) in [6.45, 7) is 19.2. The number of aliphatic hydroxyl groups is 2. The largest absolute Gasteiger partial charge is 0.493 e. The smallest absolute Gasteiger partial charge is 0.320 e. The molecule has 1 aromatic heterocycles. The van der Waals surface area contributed by atoms with Crippen molar-refractivity contribution in [2.45, 2.75) is 178 Å². The van der Waals surface area contributed by atoms with Crippen LogP contribution >= 0.6 is 35.0 Å². The number of Topliss-reactive ketones (excluding diaryl/α,β-unsaturated/α-hetero) is 1. The molecule has 1 unspecified atom stereocenters. The van der Waals surface area contributed by atoms with E-state index in [4.69, 9.17) is 75.3 Å². The number of urea groups is 1. The molecule has 3 N–H and O–H groups in total. The Balaban J connectivity index is 1.22. The van der Waals surface area contributed by atoms with Gasteiger partial charge in [-0.25, -0.2) is 4.79 Å². The summed E-state index contributed by atoms with van der Waals surface area (Å²) in [4.78, 5) is 79.5. The van der Waals surface area contributed by atoms with E-state index in [1.54, 1.807) is 72.5 Å². The van der Waals surface area contributed by atoms with Gasteiger partial charge in [-0.05, 0) is 79.0 Å². The molecule has 5 saturated heterocycles. The summed E-state index contributed by atoms with van der Waals surface area (Å²) in [6.07, 6.45) is -6.19. The van der Waals surface area contributed by atoms with Gasteiger partial charge in [0, 0.05) is 88.2 Å². The van der Waals surface area contributed by atoms with Crippen LogP contribution in [-0.2, 0) is 57.0 Å². The molecule has 470 valence electrons. The van der Waals surface area contributed by atoms with Gasteiger partial charge < -0.3 is 77.4 Å². The lowest BCUT2D eigenvalue weighted by atomic mass is 9.70. The SMILES string of the molecule is CC[C@H]1OC(=O)[C@H](C)[C@@H](O[C@H]2C[C@@](C)(OC)[C@@H](O)[C@H](C)O2)[C@H](C)[C@@H](OC2O[C@H](C)C[C@H](N(C)C(=O)N3CCOCC3)[C@H]2O)[C@](C)(OC)C[C@@H](C)C(=O)[C@H](C)[C@H]2[C@H](SCCOc3cc(C(=O)Nc4c(Cl)cncc4Cl)ccc3OC)C(=O)O[C@@]21C. The van der Waals surface area contributed by atoms with Crippen LogP contribution in [0.25, 0.3) is 0 Å². The molecule has 25 heteroatoms. The first-order chi connectivity index (χ1) is 39.7. The average molecular weight is 1240 g/mol. The van der Waals surface area contributed by atoms with Gasteiger partial charge in [0.1, 0.15) is 29.3 Å². The van der Waals surface area contributed by atoms with E-state index in [9.17, 15) is 24.6 Å². The molecule has 3 amide bonds. The number of aliphatic hydroxyl groups excluding tert-OH is 2. The minimum Gasteiger partial charge on any atom is -0.493 e. The van der Waals surface area contributed by atoms with Gasteiger partial charge in [-0.15, -0.1) is 11.8 Å². The molecule has 0 bridgehead atoms. The van der Waals surface area contributed by atoms with Crippen molar-refractivity contribution in [3.63, 3.8) is 0 Å². The van der Waals surface area contributed by atoms with E-state index >= 15 is 9.59 Å². The number of nitrogens with one attached hydrogen (secondary N) is 1. The maximum Gasteiger partial charge on any atom is 0.320 e. The number of fused-ring (bicyclic) bond motifs is 1. The summed E-state index contributed by atoms with van der Waals surface area (Å²) in [7, 11) is 6.08. The summed E-state index contributed by atoms with van der Waals surface area (Å²) in [6, 6.07) is 3.59. The molecule has 84 heavy (non-hydrogen) atoms. The number of benzene rings is 1. The molecular formula is C59H86Cl2N4O18S. The van der Waals surface area contributed by atoms with E-state index in [2.05, 4.69) is 10.3 Å². The second kappa shape index (κ2) is 28.4. The van der Waals surface area contributed by atoms with Gasteiger partial charge in [0.15, 0.2) is 29.7 Å². The Morgan fingerprint density at radius 1 is 0.893 bits per heavy atom. The average Bonchev–Trinajstić information content (AvgIpc) is 2.16. The maximum atomic E-state index is 15.4. The Bertz CT molecular complexity index is 2620. The fraction of sp³-hybridized carbons (Fsp3) is 0.729. The summed E-state index contributed by atoms with van der Waals surface area (Å²) in [5.41, 5.74) is -3.68. The molecule has 6 heterocycles. The first kappa shape index (κ1) is 67.4. The maximum absolute atomic E-state index is 15.4. The number of anilines is 1. The number of pyridine rings is 1. The van der Waals surface area contributed by atoms with Gasteiger partial charge in [0.2, 0.25) is 0 Å². The van der Waals surface area contributed by atoms with Gasteiger partial charge in [0.25, 0.3) is 5.91 Å². The minimum absolute atomic E-state index is 0.0162. The van der Waals surface area contributed by atoms with Crippen LogP contribution in [0.1, 0.15) is 105 Å². The van der Waals surface area contributed by atoms with Crippen molar-refractivity contribution in [3.05, 3.63) is 46.2 Å². The molecule has 0 aliphatic carbocycles. The van der Waals surface area contributed by atoms with Gasteiger partial charge in [-0.3, -0.25) is 24.2 Å². The van der Waals surface area contributed by atoms with E-state index in [1.165, 1.54) is 56.5 Å². The third kappa shape index (κ3) is 14.4. The van der Waals surface area contributed by atoms with E-state index in [1.807, 2.05) is 20.8 Å². The summed E-state index contributed by atoms with van der Waals surface area (Å²) in [5.74, 6) is -5.82. The lowest BCUT2D eigenvalue weighted by Gasteiger charge is -2.50. The minimum atomic E-state index is -1.53. The lowest BCUT2D eigenvalue weighted by Crippen LogP contribution is -2.62. The van der Waals surface area contributed by atoms with Crippen LogP contribution in [-0.4, -0.2) is 205 Å². The number of amides is 3. The number of ketones is 1. The molecule has 0 saturated carbocycles. The summed E-state index contributed by atoms with van der Waals surface area (Å²) < 4.78 is 69.4. The zero-order valence-electron chi connectivity index (χ0n) is 50.6. The molecule has 5 fully saturated rings. The van der Waals surface area contributed by atoms with Crippen LogP contribution in [0.15, 0.2) is 30.6 Å². The number of nitrogens with zero attached hydrogens (tertiary/aromatic N) is 3. The van der Waals surface area contributed by atoms with Crippen LogP contribution in [0, 0.1) is 29.6 Å². The number of thioether (sulfide) groups is 1. The monoisotopic (exact) mass is 1240 g/mol. The lowest BCUT2D eigenvalue weighted by molar-refractivity contribution is -0.319. The number of likely N-dealkylation sites (N-methyl/N-ethyl adjacent to an activating group) is 1. The Hall–Kier alpha value is -4.11. The number of morpholine rings is 1. The highest BCUT2D eigenvalue weighted by Gasteiger charge is 2.62. The Morgan fingerprint density at radius 2 is 1.56 bits per heavy atom. The van der Waals surface area contributed by atoms with Crippen LogP contribution in [0.5, 0.6) is 11.5 Å². The molecule has 0 spiro atoms. The van der Waals surface area contributed by atoms with Crippen molar-refractivity contribution in [1.82, 2.24) is 14.8 Å². The van der Waals surface area contributed by atoms with Gasteiger partial charge in [0.05, 0.1) is 90.2 Å². The molecule has 2 aromatic rings. The third-order valence-corrected chi connectivity index (χ3v) is 19.7. The number of cyclic esters (lactones) is 1. The zero-order valence-corrected chi connectivity index (χ0v) is 53.0. The van der Waals surface area contributed by atoms with Crippen molar-refractivity contribution in [3.8, 4) is 11.5 Å². The number of carbonyl (C=O) groups excluding carboxylic acids is 5. The van der Waals surface area contributed by atoms with Crippen LogP contribution in [0.3, 0.4) is 0 Å². The number of ether oxygens (including phenoxy) is 11. The van der Waals surface area contributed by atoms with E-state index in [0.29, 0.717) is 32.1 Å².